The van der Waals surface area contributed by atoms with E-state index in [0.717, 1.165) is 5.57 Å². The lowest BCUT2D eigenvalue weighted by Gasteiger charge is -1.91. The highest BCUT2D eigenvalue weighted by atomic mass is 35.5. The molecule has 0 rings (SSSR count). The minimum absolute atomic E-state index is 0.0633. The molecule has 0 aliphatic heterocycles. The van der Waals surface area contributed by atoms with Crippen molar-refractivity contribution < 1.29 is 4.79 Å². The maximum atomic E-state index is 10.4. The molecular weight excluding hydrogens is 124 g/mol. The van der Waals surface area contributed by atoms with E-state index in [1.165, 1.54) is 6.92 Å². The van der Waals surface area contributed by atoms with Crippen molar-refractivity contribution in [3.8, 4) is 0 Å². The van der Waals surface area contributed by atoms with Crippen molar-refractivity contribution in [2.75, 3.05) is 0 Å². The summed E-state index contributed by atoms with van der Waals surface area (Å²) >= 11 is 5.48. The van der Waals surface area contributed by atoms with Crippen LogP contribution < -0.4 is 0 Å². The molecule has 46 valence electrons. The van der Waals surface area contributed by atoms with Gasteiger partial charge in [-0.1, -0.05) is 17.2 Å². The van der Waals surface area contributed by atoms with Gasteiger partial charge in [-0.05, 0) is 13.8 Å². The normalized spacial score (nSPS) is 8.50. The first kappa shape index (κ1) is 7.70. The van der Waals surface area contributed by atoms with Gasteiger partial charge in [0.15, 0.2) is 5.78 Å². The van der Waals surface area contributed by atoms with Gasteiger partial charge >= 0.3 is 0 Å². The molecule has 0 saturated heterocycles. The van der Waals surface area contributed by atoms with Crippen LogP contribution in [0.25, 0.3) is 0 Å². The lowest BCUT2D eigenvalue weighted by atomic mass is 10.3. The molecule has 0 atom stereocenters. The van der Waals surface area contributed by atoms with Gasteiger partial charge in [-0.3, -0.25) is 4.79 Å². The number of hydrogen-bond donors (Lipinski definition) is 0. The third-order valence-electron chi connectivity index (χ3n) is 0.748. The monoisotopic (exact) mass is 132 g/mol. The Morgan fingerprint density at radius 3 is 1.62 bits per heavy atom. The lowest BCUT2D eigenvalue weighted by molar-refractivity contribution is -0.113. The van der Waals surface area contributed by atoms with E-state index in [9.17, 15) is 4.79 Å². The molecule has 0 amide bonds. The van der Waals surface area contributed by atoms with E-state index in [4.69, 9.17) is 11.6 Å². The highest BCUT2D eigenvalue weighted by molar-refractivity contribution is 6.42. The van der Waals surface area contributed by atoms with E-state index < -0.39 is 0 Å². The summed E-state index contributed by atoms with van der Waals surface area (Å²) in [5.41, 5.74) is 0.874. The Morgan fingerprint density at radius 2 is 1.62 bits per heavy atom. The number of hydrogen-bond acceptors (Lipinski definition) is 1. The predicted molar refractivity (Wildman–Crippen MR) is 34.9 cm³/mol. The SMILES string of the molecule is CC(=O)C(Cl)=C(C)C. The van der Waals surface area contributed by atoms with Crippen LogP contribution in [0.4, 0.5) is 0 Å². The molecule has 0 aromatic heterocycles. The maximum absolute atomic E-state index is 10.4. The van der Waals surface area contributed by atoms with Crippen LogP contribution in [-0.4, -0.2) is 5.78 Å². The first-order chi connectivity index (χ1) is 3.55. The van der Waals surface area contributed by atoms with Crippen molar-refractivity contribution >= 4 is 17.4 Å². The van der Waals surface area contributed by atoms with Crippen molar-refractivity contribution in [3.05, 3.63) is 10.6 Å². The maximum Gasteiger partial charge on any atom is 0.171 e. The minimum atomic E-state index is -0.0633. The summed E-state index contributed by atoms with van der Waals surface area (Å²) in [5, 5.41) is 0.352. The molecule has 0 radical (unpaired) electrons. The van der Waals surface area contributed by atoms with Gasteiger partial charge in [-0.25, -0.2) is 0 Å². The molecule has 0 bridgehead atoms. The summed E-state index contributed by atoms with van der Waals surface area (Å²) in [6.07, 6.45) is 0. The summed E-state index contributed by atoms with van der Waals surface area (Å²) < 4.78 is 0. The number of rotatable bonds is 1. The van der Waals surface area contributed by atoms with Crippen LogP contribution in [0.1, 0.15) is 20.8 Å². The van der Waals surface area contributed by atoms with E-state index in [-0.39, 0.29) is 5.78 Å². The molecule has 2 heteroatoms. The zero-order valence-corrected chi connectivity index (χ0v) is 6.04. The first-order valence-electron chi connectivity index (χ1n) is 2.39. The number of allylic oxidation sites excluding steroid dienone is 2. The Kier molecular flexibility index (Phi) is 2.77. The first-order valence-corrected chi connectivity index (χ1v) is 2.77. The number of halogens is 1. The summed E-state index contributed by atoms with van der Waals surface area (Å²) in [7, 11) is 0. The van der Waals surface area contributed by atoms with Crippen LogP contribution in [0.5, 0.6) is 0 Å². The molecule has 0 unspecified atom stereocenters. The van der Waals surface area contributed by atoms with Gasteiger partial charge < -0.3 is 0 Å². The number of ketones is 1. The van der Waals surface area contributed by atoms with E-state index >= 15 is 0 Å². The fourth-order valence-corrected chi connectivity index (χ4v) is 0.352. The molecule has 0 heterocycles. The van der Waals surface area contributed by atoms with Gasteiger partial charge in [-0.2, -0.15) is 0 Å². The van der Waals surface area contributed by atoms with Gasteiger partial charge in [0.05, 0.1) is 5.03 Å². The van der Waals surface area contributed by atoms with Gasteiger partial charge in [0, 0.05) is 6.92 Å². The molecule has 8 heavy (non-hydrogen) atoms. The molecule has 0 aromatic carbocycles. The minimum Gasteiger partial charge on any atom is -0.294 e. The third-order valence-corrected chi connectivity index (χ3v) is 1.39. The second kappa shape index (κ2) is 2.88. The smallest absolute Gasteiger partial charge is 0.171 e. The topological polar surface area (TPSA) is 17.1 Å². The number of carbonyl (C=O) groups is 1. The molecule has 0 aliphatic carbocycles. The van der Waals surface area contributed by atoms with Crippen LogP contribution >= 0.6 is 11.6 Å². The Bertz CT molecular complexity index is 131. The number of carbonyl (C=O) groups excluding carboxylic acids is 1. The summed E-state index contributed by atoms with van der Waals surface area (Å²) in [5.74, 6) is -0.0633. The van der Waals surface area contributed by atoms with Gasteiger partial charge in [0.1, 0.15) is 0 Å². The van der Waals surface area contributed by atoms with Crippen LogP contribution in [-0.2, 0) is 4.79 Å². The zero-order chi connectivity index (χ0) is 6.73. The molecule has 0 saturated carbocycles. The average Bonchev–Trinajstić information content (AvgIpc) is 1.64. The second-order valence-corrected chi connectivity index (χ2v) is 2.25. The Morgan fingerprint density at radius 1 is 1.25 bits per heavy atom. The van der Waals surface area contributed by atoms with E-state index in [2.05, 4.69) is 0 Å². The van der Waals surface area contributed by atoms with Gasteiger partial charge in [0.25, 0.3) is 0 Å². The third kappa shape index (κ3) is 2.12. The quantitative estimate of drug-likeness (QED) is 0.500. The molecule has 0 aliphatic rings. The molecule has 0 fully saturated rings. The molecule has 0 spiro atoms. The van der Waals surface area contributed by atoms with Crippen molar-refractivity contribution in [1.82, 2.24) is 0 Å². The molecule has 0 N–H and O–H groups in total. The summed E-state index contributed by atoms with van der Waals surface area (Å²) in [4.78, 5) is 10.4. The predicted octanol–water partition coefficient (Wildman–Crippen LogP) is 2.11. The zero-order valence-electron chi connectivity index (χ0n) is 5.29. The number of Topliss-reactive ketones (excluding diaryl/α,β-unsaturated/α-hetero) is 1. The van der Waals surface area contributed by atoms with E-state index in [1.54, 1.807) is 0 Å². The van der Waals surface area contributed by atoms with E-state index in [1.807, 2.05) is 13.8 Å². The molecular formula is C6H9ClO. The van der Waals surface area contributed by atoms with Crippen LogP contribution in [0.2, 0.25) is 0 Å². The average molecular weight is 133 g/mol. The lowest BCUT2D eigenvalue weighted by Crippen LogP contribution is -1.89. The standard InChI is InChI=1S/C6H9ClO/c1-4(2)6(7)5(3)8/h1-3H3. The molecule has 1 nitrogen and oxygen atoms in total. The van der Waals surface area contributed by atoms with Crippen molar-refractivity contribution in [3.63, 3.8) is 0 Å². The van der Waals surface area contributed by atoms with Gasteiger partial charge in [0.2, 0.25) is 0 Å². The molecule has 0 aromatic rings. The Labute approximate surface area is 54.3 Å². The highest BCUT2D eigenvalue weighted by Crippen LogP contribution is 2.07. The van der Waals surface area contributed by atoms with Crippen LogP contribution in [0.3, 0.4) is 0 Å². The highest BCUT2D eigenvalue weighted by Gasteiger charge is 1.98. The van der Waals surface area contributed by atoms with Crippen molar-refractivity contribution in [2.45, 2.75) is 20.8 Å². The van der Waals surface area contributed by atoms with Crippen LogP contribution in [0, 0.1) is 0 Å². The Hall–Kier alpha value is -0.300. The van der Waals surface area contributed by atoms with Gasteiger partial charge in [-0.15, -0.1) is 0 Å². The van der Waals surface area contributed by atoms with E-state index in [0.29, 0.717) is 5.03 Å². The summed E-state index contributed by atoms with van der Waals surface area (Å²) in [6, 6.07) is 0. The van der Waals surface area contributed by atoms with Crippen LogP contribution in [0.15, 0.2) is 10.6 Å². The van der Waals surface area contributed by atoms with Crippen molar-refractivity contribution in [1.29, 1.82) is 0 Å². The largest absolute Gasteiger partial charge is 0.294 e. The fraction of sp³-hybridized carbons (Fsp3) is 0.500. The fourth-order valence-electron chi connectivity index (χ4n) is 0.352. The summed E-state index contributed by atoms with van der Waals surface area (Å²) in [6.45, 7) is 5.07. The Balaban J connectivity index is 4.23. The van der Waals surface area contributed by atoms with Crippen molar-refractivity contribution in [2.24, 2.45) is 0 Å². The second-order valence-electron chi connectivity index (χ2n) is 1.87.